The van der Waals surface area contributed by atoms with E-state index in [0.29, 0.717) is 17.4 Å². The molecule has 4 rings (SSSR count). The van der Waals surface area contributed by atoms with Crippen molar-refractivity contribution in [3.63, 3.8) is 0 Å². The third kappa shape index (κ3) is 5.81. The molecular formula is C26H35ClN2O2. The van der Waals surface area contributed by atoms with Crippen LogP contribution in [-0.4, -0.2) is 41.3 Å². The maximum Gasteiger partial charge on any atom is 0.138 e. The standard InChI is InChI=1S/C26H35ClN2O2/c27-24-16-21(11-12-25(24)31-19-20-8-3-1-4-9-20)23(26(30)13-5-2-6-14-26)18-29-15-7-10-22(28)17-29/h1,3-4,8-9,11-12,16,22-23,30H,2,5-7,10,13-15,17-19,28H2. The van der Waals surface area contributed by atoms with Crippen molar-refractivity contribution in [2.75, 3.05) is 19.6 Å². The molecule has 1 aliphatic heterocycles. The van der Waals surface area contributed by atoms with Crippen LogP contribution in [0.3, 0.4) is 0 Å². The van der Waals surface area contributed by atoms with E-state index >= 15 is 0 Å². The van der Waals surface area contributed by atoms with Gasteiger partial charge in [-0.2, -0.15) is 0 Å². The number of rotatable bonds is 7. The largest absolute Gasteiger partial charge is 0.487 e. The van der Waals surface area contributed by atoms with Crippen molar-refractivity contribution in [3.8, 4) is 5.75 Å². The molecule has 0 spiro atoms. The summed E-state index contributed by atoms with van der Waals surface area (Å²) in [5.74, 6) is 0.711. The Kier molecular flexibility index (Phi) is 7.55. The average molecular weight is 443 g/mol. The first-order chi connectivity index (χ1) is 15.0. The van der Waals surface area contributed by atoms with Gasteiger partial charge in [0.1, 0.15) is 12.4 Å². The predicted octanol–water partition coefficient (Wildman–Crippen LogP) is 5.12. The Morgan fingerprint density at radius 1 is 1.10 bits per heavy atom. The highest BCUT2D eigenvalue weighted by atomic mass is 35.5. The molecule has 4 nitrogen and oxygen atoms in total. The lowest BCUT2D eigenvalue weighted by Crippen LogP contribution is -2.49. The molecule has 1 saturated carbocycles. The zero-order valence-electron chi connectivity index (χ0n) is 18.3. The van der Waals surface area contributed by atoms with Crippen LogP contribution in [0.1, 0.15) is 62.0 Å². The van der Waals surface area contributed by atoms with Gasteiger partial charge in [0, 0.05) is 25.0 Å². The summed E-state index contributed by atoms with van der Waals surface area (Å²) >= 11 is 6.65. The summed E-state index contributed by atoms with van der Waals surface area (Å²) in [4.78, 5) is 2.43. The van der Waals surface area contributed by atoms with Gasteiger partial charge in [0.25, 0.3) is 0 Å². The Hall–Kier alpha value is -1.59. The van der Waals surface area contributed by atoms with Gasteiger partial charge in [-0.3, -0.25) is 0 Å². The lowest BCUT2D eigenvalue weighted by Gasteiger charge is -2.43. The Balaban J connectivity index is 1.53. The minimum absolute atomic E-state index is 0.0266. The zero-order chi connectivity index (χ0) is 21.7. The summed E-state index contributed by atoms with van der Waals surface area (Å²) in [5.41, 5.74) is 7.76. The van der Waals surface area contributed by atoms with Gasteiger partial charge in [-0.1, -0.05) is 67.3 Å². The van der Waals surface area contributed by atoms with Crippen molar-refractivity contribution in [1.29, 1.82) is 0 Å². The van der Waals surface area contributed by atoms with Crippen LogP contribution in [0.5, 0.6) is 5.75 Å². The zero-order valence-corrected chi connectivity index (χ0v) is 19.1. The van der Waals surface area contributed by atoms with Gasteiger partial charge >= 0.3 is 0 Å². The first-order valence-electron chi connectivity index (χ1n) is 11.7. The summed E-state index contributed by atoms with van der Waals surface area (Å²) in [5, 5.41) is 12.3. The number of ether oxygens (including phenoxy) is 1. The topological polar surface area (TPSA) is 58.7 Å². The molecule has 5 heteroatoms. The van der Waals surface area contributed by atoms with Crippen molar-refractivity contribution < 1.29 is 9.84 Å². The summed E-state index contributed by atoms with van der Waals surface area (Å²) in [6.45, 7) is 3.26. The fourth-order valence-electron chi connectivity index (χ4n) is 5.20. The van der Waals surface area contributed by atoms with E-state index in [1.165, 1.54) is 6.42 Å². The molecule has 2 aromatic rings. The molecule has 2 fully saturated rings. The first kappa shape index (κ1) is 22.6. The quantitative estimate of drug-likeness (QED) is 0.624. The Morgan fingerprint density at radius 2 is 1.87 bits per heavy atom. The Morgan fingerprint density at radius 3 is 2.58 bits per heavy atom. The summed E-state index contributed by atoms with van der Waals surface area (Å²) in [7, 11) is 0. The molecule has 2 unspecified atom stereocenters. The molecule has 1 aliphatic carbocycles. The highest BCUT2D eigenvalue weighted by molar-refractivity contribution is 6.32. The van der Waals surface area contributed by atoms with E-state index in [1.54, 1.807) is 0 Å². The molecule has 1 saturated heterocycles. The molecule has 0 radical (unpaired) electrons. The van der Waals surface area contributed by atoms with Crippen LogP contribution in [0.4, 0.5) is 0 Å². The van der Waals surface area contributed by atoms with Gasteiger partial charge in [0.05, 0.1) is 10.6 Å². The van der Waals surface area contributed by atoms with Crippen LogP contribution < -0.4 is 10.5 Å². The van der Waals surface area contributed by atoms with Crippen molar-refractivity contribution in [3.05, 3.63) is 64.7 Å². The van der Waals surface area contributed by atoms with Gasteiger partial charge in [0.15, 0.2) is 0 Å². The van der Waals surface area contributed by atoms with Crippen molar-refractivity contribution in [1.82, 2.24) is 4.90 Å². The van der Waals surface area contributed by atoms with Crippen LogP contribution in [-0.2, 0) is 6.61 Å². The number of halogens is 1. The van der Waals surface area contributed by atoms with E-state index in [0.717, 1.165) is 69.3 Å². The lowest BCUT2D eigenvalue weighted by molar-refractivity contribution is -0.0326. The Labute approximate surface area is 191 Å². The fourth-order valence-corrected chi connectivity index (χ4v) is 5.44. The van der Waals surface area contributed by atoms with Crippen molar-refractivity contribution in [2.45, 2.75) is 69.1 Å². The third-order valence-corrected chi connectivity index (χ3v) is 7.24. The van der Waals surface area contributed by atoms with Gasteiger partial charge in [-0.25, -0.2) is 0 Å². The van der Waals surface area contributed by atoms with Crippen molar-refractivity contribution in [2.24, 2.45) is 5.73 Å². The number of hydrogen-bond donors (Lipinski definition) is 2. The second-order valence-corrected chi connectivity index (χ2v) is 9.75. The highest BCUT2D eigenvalue weighted by Crippen LogP contribution is 2.42. The number of nitrogens with zero attached hydrogens (tertiary/aromatic N) is 1. The van der Waals surface area contributed by atoms with Crippen LogP contribution >= 0.6 is 11.6 Å². The minimum Gasteiger partial charge on any atom is -0.487 e. The summed E-state index contributed by atoms with van der Waals surface area (Å²) in [6.07, 6.45) is 7.28. The second-order valence-electron chi connectivity index (χ2n) is 9.34. The molecule has 0 amide bonds. The minimum atomic E-state index is -0.685. The average Bonchev–Trinajstić information content (AvgIpc) is 2.78. The number of aliphatic hydroxyl groups is 1. The van der Waals surface area contributed by atoms with Crippen LogP contribution in [0.2, 0.25) is 5.02 Å². The first-order valence-corrected chi connectivity index (χ1v) is 12.1. The van der Waals surface area contributed by atoms with E-state index in [1.807, 2.05) is 42.5 Å². The molecule has 168 valence electrons. The maximum atomic E-state index is 11.7. The number of piperidine rings is 1. The van der Waals surface area contributed by atoms with Gasteiger partial charge in [-0.05, 0) is 55.5 Å². The monoisotopic (exact) mass is 442 g/mol. The van der Waals surface area contributed by atoms with Crippen LogP contribution in [0.15, 0.2) is 48.5 Å². The molecular weight excluding hydrogens is 408 g/mol. The molecule has 2 aliphatic rings. The maximum absolute atomic E-state index is 11.7. The van der Waals surface area contributed by atoms with Gasteiger partial charge in [-0.15, -0.1) is 0 Å². The van der Waals surface area contributed by atoms with E-state index in [2.05, 4.69) is 11.0 Å². The second kappa shape index (κ2) is 10.4. The van der Waals surface area contributed by atoms with E-state index < -0.39 is 5.60 Å². The van der Waals surface area contributed by atoms with E-state index in [4.69, 9.17) is 22.1 Å². The third-order valence-electron chi connectivity index (χ3n) is 6.95. The predicted molar refractivity (Wildman–Crippen MR) is 127 cm³/mol. The number of likely N-dealkylation sites (tertiary alicyclic amines) is 1. The smallest absolute Gasteiger partial charge is 0.138 e. The summed E-state index contributed by atoms with van der Waals surface area (Å²) in [6, 6.07) is 16.4. The SMILES string of the molecule is NC1CCCN(CC(c2ccc(OCc3ccccc3)c(Cl)c2)C2(O)CCCCC2)C1. The van der Waals surface area contributed by atoms with E-state index in [-0.39, 0.29) is 12.0 Å². The number of benzene rings is 2. The number of nitrogens with two attached hydrogens (primary N) is 1. The molecule has 0 bridgehead atoms. The molecule has 31 heavy (non-hydrogen) atoms. The Bertz CT molecular complexity index is 839. The van der Waals surface area contributed by atoms with Crippen LogP contribution in [0.25, 0.3) is 0 Å². The van der Waals surface area contributed by atoms with Crippen molar-refractivity contribution >= 4 is 11.6 Å². The number of hydrogen-bond acceptors (Lipinski definition) is 4. The lowest BCUT2D eigenvalue weighted by atomic mass is 9.72. The normalized spacial score (nSPS) is 22.7. The molecule has 2 aromatic carbocycles. The van der Waals surface area contributed by atoms with Gasteiger partial charge in [0.2, 0.25) is 0 Å². The summed E-state index contributed by atoms with van der Waals surface area (Å²) < 4.78 is 5.97. The fraction of sp³-hybridized carbons (Fsp3) is 0.538. The highest BCUT2D eigenvalue weighted by Gasteiger charge is 2.40. The molecule has 1 heterocycles. The van der Waals surface area contributed by atoms with Gasteiger partial charge < -0.3 is 20.5 Å². The van der Waals surface area contributed by atoms with Crippen LogP contribution in [0, 0.1) is 0 Å². The molecule has 0 aromatic heterocycles. The molecule has 2 atom stereocenters. The molecule has 3 N–H and O–H groups in total. The van der Waals surface area contributed by atoms with E-state index in [9.17, 15) is 5.11 Å².